The van der Waals surface area contributed by atoms with Crippen LogP contribution in [0.5, 0.6) is 0 Å². The van der Waals surface area contributed by atoms with Crippen molar-refractivity contribution in [2.75, 3.05) is 6.61 Å². The van der Waals surface area contributed by atoms with Crippen LogP contribution in [0.1, 0.15) is 59.5 Å². The first kappa shape index (κ1) is 13.5. The predicted molar refractivity (Wildman–Crippen MR) is 79.3 cm³/mol. The summed E-state index contributed by atoms with van der Waals surface area (Å²) in [5.41, 5.74) is 2.10. The van der Waals surface area contributed by atoms with Gasteiger partial charge in [0.05, 0.1) is 12.3 Å². The lowest BCUT2D eigenvalue weighted by molar-refractivity contribution is 0.0531. The van der Waals surface area contributed by atoms with Gasteiger partial charge in [0.1, 0.15) is 16.0 Å². The lowest BCUT2D eigenvalue weighted by Crippen LogP contribution is -2.04. The molecule has 5 heteroatoms. The van der Waals surface area contributed by atoms with Crippen molar-refractivity contribution in [2.24, 2.45) is 0 Å². The maximum atomic E-state index is 12.0. The molecular weight excluding hydrogens is 272 g/mol. The third-order valence-corrected chi connectivity index (χ3v) is 5.14. The van der Waals surface area contributed by atoms with Crippen molar-refractivity contribution in [1.29, 1.82) is 0 Å². The van der Waals surface area contributed by atoms with Crippen LogP contribution in [0.25, 0.3) is 10.2 Å². The molecule has 2 aromatic rings. The van der Waals surface area contributed by atoms with Crippen LogP contribution in [0.15, 0.2) is 6.33 Å². The van der Waals surface area contributed by atoms with E-state index in [4.69, 9.17) is 4.74 Å². The molecule has 0 atom stereocenters. The van der Waals surface area contributed by atoms with E-state index in [0.29, 0.717) is 17.4 Å². The Balaban J connectivity index is 2.11. The molecule has 0 aromatic carbocycles. The zero-order valence-electron chi connectivity index (χ0n) is 11.8. The number of rotatable bonds is 3. The summed E-state index contributed by atoms with van der Waals surface area (Å²) in [6, 6.07) is 0. The van der Waals surface area contributed by atoms with E-state index in [-0.39, 0.29) is 5.97 Å². The molecule has 1 aliphatic carbocycles. The molecule has 1 aliphatic rings. The summed E-state index contributed by atoms with van der Waals surface area (Å²) in [5, 5.41) is 1.08. The smallest absolute Gasteiger partial charge is 0.348 e. The molecule has 2 aromatic heterocycles. The minimum absolute atomic E-state index is 0.245. The van der Waals surface area contributed by atoms with Crippen molar-refractivity contribution >= 4 is 27.5 Å². The Morgan fingerprint density at radius 2 is 2.15 bits per heavy atom. The fourth-order valence-electron chi connectivity index (χ4n) is 3.00. The maximum Gasteiger partial charge on any atom is 0.348 e. The van der Waals surface area contributed by atoms with Gasteiger partial charge >= 0.3 is 5.97 Å². The molecule has 20 heavy (non-hydrogen) atoms. The van der Waals surface area contributed by atoms with E-state index in [2.05, 4.69) is 9.97 Å². The van der Waals surface area contributed by atoms with E-state index in [9.17, 15) is 4.79 Å². The quantitative estimate of drug-likeness (QED) is 0.806. The van der Waals surface area contributed by atoms with Crippen molar-refractivity contribution in [2.45, 2.75) is 45.4 Å². The van der Waals surface area contributed by atoms with Gasteiger partial charge < -0.3 is 4.74 Å². The molecule has 1 fully saturated rings. The Bertz CT molecular complexity index is 645. The van der Waals surface area contributed by atoms with Crippen molar-refractivity contribution in [3.8, 4) is 0 Å². The van der Waals surface area contributed by atoms with E-state index >= 15 is 0 Å². The molecule has 0 saturated heterocycles. The highest BCUT2D eigenvalue weighted by molar-refractivity contribution is 7.20. The molecule has 106 valence electrons. The lowest BCUT2D eigenvalue weighted by atomic mass is 9.99. The Kier molecular flexibility index (Phi) is 3.70. The predicted octanol–water partition coefficient (Wildman–Crippen LogP) is 3.83. The average Bonchev–Trinajstić information content (AvgIpc) is 3.07. The fraction of sp³-hybridized carbons (Fsp3) is 0.533. The second-order valence-electron chi connectivity index (χ2n) is 5.20. The Morgan fingerprint density at radius 1 is 1.40 bits per heavy atom. The van der Waals surface area contributed by atoms with Crippen LogP contribution in [-0.4, -0.2) is 22.5 Å². The molecule has 0 spiro atoms. The van der Waals surface area contributed by atoms with Gasteiger partial charge in [0.25, 0.3) is 0 Å². The van der Waals surface area contributed by atoms with Crippen molar-refractivity contribution in [1.82, 2.24) is 9.97 Å². The third kappa shape index (κ3) is 2.20. The van der Waals surface area contributed by atoms with Gasteiger partial charge in [-0.15, -0.1) is 11.3 Å². The van der Waals surface area contributed by atoms with E-state index in [1.165, 1.54) is 37.0 Å². The highest BCUT2D eigenvalue weighted by Crippen LogP contribution is 2.40. The van der Waals surface area contributed by atoms with Crippen molar-refractivity contribution in [3.05, 3.63) is 22.5 Å². The molecule has 0 unspecified atom stereocenters. The van der Waals surface area contributed by atoms with Gasteiger partial charge in [-0.2, -0.15) is 0 Å². The van der Waals surface area contributed by atoms with Crippen molar-refractivity contribution in [3.63, 3.8) is 0 Å². The number of carbonyl (C=O) groups is 1. The van der Waals surface area contributed by atoms with Crippen LogP contribution in [0.3, 0.4) is 0 Å². The summed E-state index contributed by atoms with van der Waals surface area (Å²) in [4.78, 5) is 22.4. The first-order valence-corrected chi connectivity index (χ1v) is 7.95. The van der Waals surface area contributed by atoms with Crippen LogP contribution in [0.4, 0.5) is 0 Å². The zero-order valence-corrected chi connectivity index (χ0v) is 12.6. The van der Waals surface area contributed by atoms with Gasteiger partial charge in [0.2, 0.25) is 0 Å². The van der Waals surface area contributed by atoms with Crippen LogP contribution in [0.2, 0.25) is 0 Å². The topological polar surface area (TPSA) is 52.1 Å². The summed E-state index contributed by atoms with van der Waals surface area (Å²) in [7, 11) is 0. The van der Waals surface area contributed by atoms with E-state index in [1.807, 2.05) is 13.8 Å². The van der Waals surface area contributed by atoms with E-state index in [1.54, 1.807) is 6.33 Å². The first-order chi connectivity index (χ1) is 9.72. The number of thiophene rings is 1. The third-order valence-electron chi connectivity index (χ3n) is 3.96. The number of hydrogen-bond acceptors (Lipinski definition) is 5. The van der Waals surface area contributed by atoms with Crippen LogP contribution >= 0.6 is 11.3 Å². The Morgan fingerprint density at radius 3 is 2.85 bits per heavy atom. The zero-order chi connectivity index (χ0) is 14.1. The maximum absolute atomic E-state index is 12.0. The van der Waals surface area contributed by atoms with Gasteiger partial charge in [-0.1, -0.05) is 12.8 Å². The summed E-state index contributed by atoms with van der Waals surface area (Å²) >= 11 is 1.42. The monoisotopic (exact) mass is 290 g/mol. The second kappa shape index (κ2) is 5.48. The molecule has 0 N–H and O–H groups in total. The number of hydrogen-bond donors (Lipinski definition) is 0. The molecule has 0 bridgehead atoms. The minimum Gasteiger partial charge on any atom is -0.462 e. The normalized spacial score (nSPS) is 15.9. The molecule has 1 saturated carbocycles. The SMILES string of the molecule is CCOC(=O)c1sc2ncnc(C3CCCC3)c2c1C. The molecule has 0 radical (unpaired) electrons. The molecule has 0 amide bonds. The highest BCUT2D eigenvalue weighted by atomic mass is 32.1. The Labute approximate surface area is 122 Å². The van der Waals surface area contributed by atoms with Crippen molar-refractivity contribution < 1.29 is 9.53 Å². The standard InChI is InChI=1S/C15H18N2O2S/c1-3-19-15(18)13-9(2)11-12(10-6-4-5-7-10)16-8-17-14(11)20-13/h8,10H,3-7H2,1-2H3. The number of nitrogens with zero attached hydrogens (tertiary/aromatic N) is 2. The fourth-order valence-corrected chi connectivity index (χ4v) is 4.05. The van der Waals surface area contributed by atoms with Gasteiger partial charge in [-0.05, 0) is 32.3 Å². The molecule has 4 nitrogen and oxygen atoms in total. The summed E-state index contributed by atoms with van der Waals surface area (Å²) in [6.45, 7) is 4.20. The average molecular weight is 290 g/mol. The van der Waals surface area contributed by atoms with Gasteiger partial charge in [-0.3, -0.25) is 0 Å². The van der Waals surface area contributed by atoms with Gasteiger partial charge in [0, 0.05) is 11.3 Å². The summed E-state index contributed by atoms with van der Waals surface area (Å²) in [5.74, 6) is 0.272. The van der Waals surface area contributed by atoms with Crippen LogP contribution in [-0.2, 0) is 4.74 Å². The number of ether oxygens (including phenoxy) is 1. The number of carbonyl (C=O) groups excluding carboxylic acids is 1. The van der Waals surface area contributed by atoms with Crippen LogP contribution in [0, 0.1) is 6.92 Å². The molecular formula is C15H18N2O2S. The number of esters is 1. The number of fused-ring (bicyclic) bond motifs is 1. The second-order valence-corrected chi connectivity index (χ2v) is 6.20. The van der Waals surface area contributed by atoms with Gasteiger partial charge in [-0.25, -0.2) is 14.8 Å². The molecule has 3 rings (SSSR count). The molecule has 2 heterocycles. The Hall–Kier alpha value is -1.49. The number of aryl methyl sites for hydroxylation is 1. The van der Waals surface area contributed by atoms with E-state index < -0.39 is 0 Å². The highest BCUT2D eigenvalue weighted by Gasteiger charge is 2.25. The van der Waals surface area contributed by atoms with Crippen LogP contribution < -0.4 is 0 Å². The molecule has 0 aliphatic heterocycles. The lowest BCUT2D eigenvalue weighted by Gasteiger charge is -2.09. The largest absolute Gasteiger partial charge is 0.462 e. The summed E-state index contributed by atoms with van der Waals surface area (Å²) in [6.07, 6.45) is 6.54. The summed E-state index contributed by atoms with van der Waals surface area (Å²) < 4.78 is 5.13. The first-order valence-electron chi connectivity index (χ1n) is 7.13. The minimum atomic E-state index is -0.245. The van der Waals surface area contributed by atoms with E-state index in [0.717, 1.165) is 21.5 Å². The number of aromatic nitrogens is 2. The van der Waals surface area contributed by atoms with Gasteiger partial charge in [0.15, 0.2) is 0 Å².